The molecule has 2 rings (SSSR count). The maximum Gasteiger partial charge on any atom is 0.158 e. The molecule has 2 aromatic heterocycles. The summed E-state index contributed by atoms with van der Waals surface area (Å²) < 4.78 is 6.68. The van der Waals surface area contributed by atoms with Crippen LogP contribution in [0.3, 0.4) is 0 Å². The van der Waals surface area contributed by atoms with Crippen LogP contribution in [0, 0.1) is 13.8 Å². The Kier molecular flexibility index (Phi) is 1.80. The van der Waals surface area contributed by atoms with E-state index < -0.39 is 0 Å². The van der Waals surface area contributed by atoms with Crippen LogP contribution in [0.5, 0.6) is 0 Å². The predicted molar refractivity (Wildman–Crippen MR) is 42.9 cm³/mol. The van der Waals surface area contributed by atoms with Gasteiger partial charge in [0.1, 0.15) is 12.4 Å². The fourth-order valence-corrected chi connectivity index (χ4v) is 1.03. The first kappa shape index (κ1) is 7.90. The van der Waals surface area contributed by atoms with Gasteiger partial charge in [0.2, 0.25) is 0 Å². The van der Waals surface area contributed by atoms with Crippen molar-refractivity contribution < 1.29 is 4.52 Å². The van der Waals surface area contributed by atoms with E-state index in [2.05, 4.69) is 20.7 Å². The SMILES string of the molecule is Cc1cc(Cn2nnnc2C)on1. The molecule has 0 saturated carbocycles. The molecule has 0 radical (unpaired) electrons. The molecule has 0 spiro atoms. The van der Waals surface area contributed by atoms with E-state index in [1.54, 1.807) is 4.68 Å². The van der Waals surface area contributed by atoms with E-state index in [9.17, 15) is 0 Å². The number of nitrogens with zero attached hydrogens (tertiary/aromatic N) is 5. The Bertz CT molecular complexity index is 404. The highest BCUT2D eigenvalue weighted by atomic mass is 16.5. The summed E-state index contributed by atoms with van der Waals surface area (Å²) in [6.45, 7) is 4.24. The van der Waals surface area contributed by atoms with Crippen LogP contribution in [-0.2, 0) is 6.54 Å². The molecule has 68 valence electrons. The lowest BCUT2D eigenvalue weighted by atomic mass is 10.4. The number of rotatable bonds is 2. The molecule has 0 bridgehead atoms. The van der Waals surface area contributed by atoms with Crippen LogP contribution in [0.4, 0.5) is 0 Å². The number of hydrogen-bond donors (Lipinski definition) is 0. The van der Waals surface area contributed by atoms with Gasteiger partial charge in [-0.3, -0.25) is 0 Å². The fourth-order valence-electron chi connectivity index (χ4n) is 1.03. The van der Waals surface area contributed by atoms with Gasteiger partial charge < -0.3 is 4.52 Å². The van der Waals surface area contributed by atoms with Gasteiger partial charge in [-0.05, 0) is 24.3 Å². The summed E-state index contributed by atoms with van der Waals surface area (Å²) in [6.07, 6.45) is 0. The number of hydrogen-bond acceptors (Lipinski definition) is 5. The van der Waals surface area contributed by atoms with E-state index in [1.165, 1.54) is 0 Å². The summed E-state index contributed by atoms with van der Waals surface area (Å²) in [4.78, 5) is 0. The fraction of sp³-hybridized carbons (Fsp3) is 0.429. The van der Waals surface area contributed by atoms with E-state index >= 15 is 0 Å². The Labute approximate surface area is 74.5 Å². The Morgan fingerprint density at radius 2 is 2.31 bits per heavy atom. The Morgan fingerprint density at radius 1 is 1.46 bits per heavy atom. The van der Waals surface area contributed by atoms with Crippen LogP contribution < -0.4 is 0 Å². The van der Waals surface area contributed by atoms with Crippen LogP contribution in [0.15, 0.2) is 10.6 Å². The first-order chi connectivity index (χ1) is 6.25. The van der Waals surface area contributed by atoms with Crippen LogP contribution in [0.25, 0.3) is 0 Å². The van der Waals surface area contributed by atoms with Gasteiger partial charge in [-0.2, -0.15) is 0 Å². The summed E-state index contributed by atoms with van der Waals surface area (Å²) in [5.74, 6) is 1.52. The molecule has 0 aliphatic rings. The average molecular weight is 179 g/mol. The molecule has 0 fully saturated rings. The van der Waals surface area contributed by atoms with Crippen LogP contribution in [0.1, 0.15) is 17.3 Å². The molecule has 2 aromatic rings. The third kappa shape index (κ3) is 1.56. The highest BCUT2D eigenvalue weighted by Crippen LogP contribution is 2.04. The van der Waals surface area contributed by atoms with Crippen LogP contribution >= 0.6 is 0 Å². The minimum absolute atomic E-state index is 0.527. The van der Waals surface area contributed by atoms with Crippen LogP contribution in [0.2, 0.25) is 0 Å². The van der Waals surface area contributed by atoms with Gasteiger partial charge in [-0.1, -0.05) is 5.16 Å². The van der Waals surface area contributed by atoms with Crippen molar-refractivity contribution in [1.29, 1.82) is 0 Å². The van der Waals surface area contributed by atoms with Crippen molar-refractivity contribution in [3.8, 4) is 0 Å². The van der Waals surface area contributed by atoms with Crippen LogP contribution in [-0.4, -0.2) is 25.4 Å². The third-order valence-electron chi connectivity index (χ3n) is 1.69. The topological polar surface area (TPSA) is 69.6 Å². The lowest BCUT2D eigenvalue weighted by Crippen LogP contribution is -2.03. The molecule has 6 heteroatoms. The molecule has 0 saturated heterocycles. The molecule has 0 aromatic carbocycles. The zero-order chi connectivity index (χ0) is 9.26. The van der Waals surface area contributed by atoms with Crippen molar-refractivity contribution in [1.82, 2.24) is 25.4 Å². The Morgan fingerprint density at radius 3 is 2.85 bits per heavy atom. The minimum Gasteiger partial charge on any atom is -0.359 e. The number of aryl methyl sites for hydroxylation is 2. The maximum absolute atomic E-state index is 5.03. The summed E-state index contributed by atoms with van der Waals surface area (Å²) in [5.41, 5.74) is 0.862. The lowest BCUT2D eigenvalue weighted by molar-refractivity contribution is 0.365. The van der Waals surface area contributed by atoms with Gasteiger partial charge in [-0.25, -0.2) is 4.68 Å². The van der Waals surface area contributed by atoms with E-state index in [4.69, 9.17) is 4.52 Å². The van der Waals surface area contributed by atoms with Gasteiger partial charge >= 0.3 is 0 Å². The van der Waals surface area contributed by atoms with Crippen molar-refractivity contribution >= 4 is 0 Å². The summed E-state index contributed by atoms with van der Waals surface area (Å²) in [5, 5.41) is 14.8. The minimum atomic E-state index is 0.527. The summed E-state index contributed by atoms with van der Waals surface area (Å²) in [6, 6.07) is 1.86. The normalized spacial score (nSPS) is 10.6. The van der Waals surface area contributed by atoms with Gasteiger partial charge in [-0.15, -0.1) is 5.10 Å². The smallest absolute Gasteiger partial charge is 0.158 e. The van der Waals surface area contributed by atoms with Gasteiger partial charge in [0, 0.05) is 6.07 Å². The molecule has 0 unspecified atom stereocenters. The Hall–Kier alpha value is -1.72. The molecule has 0 N–H and O–H groups in total. The van der Waals surface area contributed by atoms with E-state index in [-0.39, 0.29) is 0 Å². The third-order valence-corrected chi connectivity index (χ3v) is 1.69. The molecule has 0 aliphatic carbocycles. The summed E-state index contributed by atoms with van der Waals surface area (Å²) >= 11 is 0. The first-order valence-electron chi connectivity index (χ1n) is 3.90. The van der Waals surface area contributed by atoms with E-state index in [1.807, 2.05) is 19.9 Å². The molecule has 6 nitrogen and oxygen atoms in total. The second-order valence-corrected chi connectivity index (χ2v) is 2.82. The molecular formula is C7H9N5O. The number of aromatic nitrogens is 5. The van der Waals surface area contributed by atoms with Crippen molar-refractivity contribution in [2.45, 2.75) is 20.4 Å². The van der Waals surface area contributed by atoms with Gasteiger partial charge in [0.15, 0.2) is 5.76 Å². The predicted octanol–water partition coefficient (Wildman–Crippen LogP) is 0.326. The second kappa shape index (κ2) is 2.96. The molecule has 2 heterocycles. The molecular weight excluding hydrogens is 170 g/mol. The monoisotopic (exact) mass is 179 g/mol. The van der Waals surface area contributed by atoms with Crippen molar-refractivity contribution in [2.75, 3.05) is 0 Å². The van der Waals surface area contributed by atoms with Crippen molar-refractivity contribution in [3.05, 3.63) is 23.3 Å². The molecule has 0 amide bonds. The van der Waals surface area contributed by atoms with Crippen molar-refractivity contribution in [3.63, 3.8) is 0 Å². The number of tetrazole rings is 1. The zero-order valence-electron chi connectivity index (χ0n) is 7.43. The van der Waals surface area contributed by atoms with E-state index in [0.29, 0.717) is 6.54 Å². The Balaban J connectivity index is 2.19. The maximum atomic E-state index is 5.03. The molecule has 0 atom stereocenters. The lowest BCUT2D eigenvalue weighted by Gasteiger charge is -1.95. The molecule has 0 aliphatic heterocycles. The first-order valence-corrected chi connectivity index (χ1v) is 3.90. The average Bonchev–Trinajstić information content (AvgIpc) is 2.64. The summed E-state index contributed by atoms with van der Waals surface area (Å²) in [7, 11) is 0. The highest BCUT2D eigenvalue weighted by molar-refractivity contribution is 5.03. The quantitative estimate of drug-likeness (QED) is 0.664. The standard InChI is InChI=1S/C7H9N5O/c1-5-3-7(13-9-5)4-12-6(2)8-10-11-12/h3H,4H2,1-2H3. The molecule has 13 heavy (non-hydrogen) atoms. The van der Waals surface area contributed by atoms with Gasteiger partial charge in [0.05, 0.1) is 5.69 Å². The van der Waals surface area contributed by atoms with Gasteiger partial charge in [0.25, 0.3) is 0 Å². The largest absolute Gasteiger partial charge is 0.359 e. The second-order valence-electron chi connectivity index (χ2n) is 2.82. The zero-order valence-corrected chi connectivity index (χ0v) is 7.43. The highest BCUT2D eigenvalue weighted by Gasteiger charge is 2.05. The van der Waals surface area contributed by atoms with Crippen molar-refractivity contribution in [2.24, 2.45) is 0 Å². The van der Waals surface area contributed by atoms with E-state index in [0.717, 1.165) is 17.3 Å².